The number of phenols is 1. The summed E-state index contributed by atoms with van der Waals surface area (Å²) < 4.78 is 0. The van der Waals surface area contributed by atoms with Crippen LogP contribution in [0.2, 0.25) is 5.02 Å². The predicted molar refractivity (Wildman–Crippen MR) is 84.3 cm³/mol. The molecule has 0 fully saturated rings. The second kappa shape index (κ2) is 7.32. The van der Waals surface area contributed by atoms with E-state index >= 15 is 0 Å². The highest BCUT2D eigenvalue weighted by Crippen LogP contribution is 2.23. The van der Waals surface area contributed by atoms with Crippen molar-refractivity contribution >= 4 is 11.6 Å². The van der Waals surface area contributed by atoms with E-state index in [-0.39, 0.29) is 5.75 Å². The van der Waals surface area contributed by atoms with E-state index in [0.29, 0.717) is 10.9 Å². The fourth-order valence-electron chi connectivity index (χ4n) is 2.16. The maximum atomic E-state index is 9.36. The third-order valence-corrected chi connectivity index (χ3v) is 3.77. The minimum Gasteiger partial charge on any atom is -0.506 e. The maximum absolute atomic E-state index is 9.36. The van der Waals surface area contributed by atoms with Crippen LogP contribution in [0.1, 0.15) is 30.4 Å². The Morgan fingerprint density at radius 2 is 1.90 bits per heavy atom. The first-order chi connectivity index (χ1) is 9.66. The molecular weight excluding hydrogens is 270 g/mol. The Kier molecular flexibility index (Phi) is 5.45. The van der Waals surface area contributed by atoms with Crippen LogP contribution in [0.4, 0.5) is 0 Å². The summed E-state index contributed by atoms with van der Waals surface area (Å²) in [5.41, 5.74) is 2.46. The van der Waals surface area contributed by atoms with Crippen molar-refractivity contribution in [3.8, 4) is 5.75 Å². The predicted octanol–water partition coefficient (Wildman–Crippen LogP) is 4.33. The smallest absolute Gasteiger partial charge is 0.134 e. The molecule has 0 spiro atoms. The molecule has 0 aliphatic rings. The summed E-state index contributed by atoms with van der Waals surface area (Å²) in [5.74, 6) is 0.681. The van der Waals surface area contributed by atoms with Crippen molar-refractivity contribution in [2.24, 2.45) is 0 Å². The van der Waals surface area contributed by atoms with Gasteiger partial charge in [-0.15, -0.1) is 0 Å². The van der Waals surface area contributed by atoms with E-state index in [1.165, 1.54) is 5.56 Å². The Bertz CT molecular complexity index is 542. The van der Waals surface area contributed by atoms with Crippen molar-refractivity contribution in [3.63, 3.8) is 0 Å². The molecule has 0 saturated carbocycles. The average Bonchev–Trinajstić information content (AvgIpc) is 2.48. The molecule has 0 aromatic heterocycles. The molecular formula is C17H20ClNO. The summed E-state index contributed by atoms with van der Waals surface area (Å²) in [5, 5.41) is 13.2. The maximum Gasteiger partial charge on any atom is 0.134 e. The highest BCUT2D eigenvalue weighted by Gasteiger charge is 2.04. The number of hydrogen-bond acceptors (Lipinski definition) is 2. The van der Waals surface area contributed by atoms with E-state index in [4.69, 9.17) is 11.6 Å². The zero-order valence-corrected chi connectivity index (χ0v) is 12.4. The molecule has 2 aromatic rings. The van der Waals surface area contributed by atoms with Gasteiger partial charge in [-0.05, 0) is 42.1 Å². The lowest BCUT2D eigenvalue weighted by molar-refractivity contribution is 0.475. The van der Waals surface area contributed by atoms with Gasteiger partial charge in [0.2, 0.25) is 0 Å². The van der Waals surface area contributed by atoms with Gasteiger partial charge in [0.05, 0.1) is 5.02 Å². The van der Waals surface area contributed by atoms with Gasteiger partial charge in [0, 0.05) is 6.54 Å². The summed E-state index contributed by atoms with van der Waals surface area (Å²) >= 11 is 5.88. The molecule has 2 N–H and O–H groups in total. The Morgan fingerprint density at radius 3 is 2.60 bits per heavy atom. The van der Waals surface area contributed by atoms with Crippen molar-refractivity contribution in [2.75, 3.05) is 6.54 Å². The van der Waals surface area contributed by atoms with Crippen LogP contribution in [0.25, 0.3) is 0 Å². The van der Waals surface area contributed by atoms with E-state index < -0.39 is 0 Å². The molecule has 0 heterocycles. The lowest BCUT2D eigenvalue weighted by atomic mass is 9.98. The first-order valence-corrected chi connectivity index (χ1v) is 7.27. The standard InChI is InChI=1S/C17H20ClNO/c1-13(15-5-3-2-4-6-15)9-10-19-12-14-7-8-17(20)16(18)11-14/h2-8,11,13,19-20H,9-10,12H2,1H3. The van der Waals surface area contributed by atoms with Gasteiger partial charge >= 0.3 is 0 Å². The lowest BCUT2D eigenvalue weighted by Crippen LogP contribution is -2.16. The summed E-state index contributed by atoms with van der Waals surface area (Å²) in [6, 6.07) is 15.9. The Labute approximate surface area is 125 Å². The molecule has 0 saturated heterocycles. The number of nitrogens with one attached hydrogen (secondary N) is 1. The number of benzene rings is 2. The fourth-order valence-corrected chi connectivity index (χ4v) is 2.36. The van der Waals surface area contributed by atoms with E-state index in [9.17, 15) is 5.11 Å². The molecule has 1 atom stereocenters. The molecule has 106 valence electrons. The zero-order valence-electron chi connectivity index (χ0n) is 11.6. The average molecular weight is 290 g/mol. The molecule has 20 heavy (non-hydrogen) atoms. The molecule has 0 amide bonds. The SMILES string of the molecule is CC(CCNCc1ccc(O)c(Cl)c1)c1ccccc1. The van der Waals surface area contributed by atoms with Crippen LogP contribution in [0.5, 0.6) is 5.75 Å². The number of aromatic hydroxyl groups is 1. The van der Waals surface area contributed by atoms with Gasteiger partial charge in [-0.1, -0.05) is 54.9 Å². The second-order valence-electron chi connectivity index (χ2n) is 5.06. The van der Waals surface area contributed by atoms with Gasteiger partial charge in [-0.3, -0.25) is 0 Å². The number of phenolic OH excluding ortho intramolecular Hbond substituents is 1. The normalized spacial score (nSPS) is 12.3. The largest absolute Gasteiger partial charge is 0.506 e. The Balaban J connectivity index is 1.75. The number of halogens is 1. The van der Waals surface area contributed by atoms with Crippen LogP contribution < -0.4 is 5.32 Å². The van der Waals surface area contributed by atoms with Crippen molar-refractivity contribution in [3.05, 3.63) is 64.7 Å². The third kappa shape index (κ3) is 4.26. The topological polar surface area (TPSA) is 32.3 Å². The molecule has 3 heteroatoms. The highest BCUT2D eigenvalue weighted by molar-refractivity contribution is 6.32. The summed E-state index contributed by atoms with van der Waals surface area (Å²) in [7, 11) is 0. The third-order valence-electron chi connectivity index (χ3n) is 3.46. The van der Waals surface area contributed by atoms with Crippen molar-refractivity contribution in [1.82, 2.24) is 5.32 Å². The van der Waals surface area contributed by atoms with E-state index in [1.807, 2.05) is 12.1 Å². The first-order valence-electron chi connectivity index (χ1n) is 6.90. The molecule has 2 aromatic carbocycles. The van der Waals surface area contributed by atoms with E-state index in [1.54, 1.807) is 12.1 Å². The Hall–Kier alpha value is -1.51. The van der Waals surface area contributed by atoms with Gasteiger partial charge in [0.1, 0.15) is 5.75 Å². The van der Waals surface area contributed by atoms with Gasteiger partial charge in [-0.2, -0.15) is 0 Å². The lowest BCUT2D eigenvalue weighted by Gasteiger charge is -2.12. The van der Waals surface area contributed by atoms with Crippen LogP contribution in [-0.4, -0.2) is 11.7 Å². The molecule has 0 aliphatic carbocycles. The number of rotatable bonds is 6. The van der Waals surface area contributed by atoms with Gasteiger partial charge in [0.15, 0.2) is 0 Å². The fraction of sp³-hybridized carbons (Fsp3) is 0.294. The Morgan fingerprint density at radius 1 is 1.15 bits per heavy atom. The summed E-state index contributed by atoms with van der Waals surface area (Å²) in [4.78, 5) is 0. The quantitative estimate of drug-likeness (QED) is 0.776. The molecule has 2 rings (SSSR count). The number of hydrogen-bond donors (Lipinski definition) is 2. The van der Waals surface area contributed by atoms with E-state index in [0.717, 1.165) is 25.1 Å². The minimum absolute atomic E-state index is 0.133. The van der Waals surface area contributed by atoms with Gasteiger partial charge in [-0.25, -0.2) is 0 Å². The van der Waals surface area contributed by atoms with Crippen LogP contribution in [0, 0.1) is 0 Å². The first kappa shape index (κ1) is 14.9. The molecule has 0 radical (unpaired) electrons. The molecule has 0 bridgehead atoms. The van der Waals surface area contributed by atoms with Crippen molar-refractivity contribution in [1.29, 1.82) is 0 Å². The molecule has 2 nitrogen and oxygen atoms in total. The van der Waals surface area contributed by atoms with Gasteiger partial charge < -0.3 is 10.4 Å². The van der Waals surface area contributed by atoms with Crippen LogP contribution >= 0.6 is 11.6 Å². The molecule has 0 aliphatic heterocycles. The summed E-state index contributed by atoms with van der Waals surface area (Å²) in [6.07, 6.45) is 1.09. The monoisotopic (exact) mass is 289 g/mol. The van der Waals surface area contributed by atoms with E-state index in [2.05, 4.69) is 36.5 Å². The van der Waals surface area contributed by atoms with Crippen LogP contribution in [0.3, 0.4) is 0 Å². The highest BCUT2D eigenvalue weighted by atomic mass is 35.5. The van der Waals surface area contributed by atoms with Crippen LogP contribution in [-0.2, 0) is 6.54 Å². The second-order valence-corrected chi connectivity index (χ2v) is 5.47. The minimum atomic E-state index is 0.133. The van der Waals surface area contributed by atoms with Crippen molar-refractivity contribution < 1.29 is 5.11 Å². The molecule has 1 unspecified atom stereocenters. The van der Waals surface area contributed by atoms with Crippen molar-refractivity contribution in [2.45, 2.75) is 25.8 Å². The van der Waals surface area contributed by atoms with Crippen LogP contribution in [0.15, 0.2) is 48.5 Å². The van der Waals surface area contributed by atoms with Gasteiger partial charge in [0.25, 0.3) is 0 Å². The summed E-state index contributed by atoms with van der Waals surface area (Å²) in [6.45, 7) is 3.96. The zero-order chi connectivity index (χ0) is 14.4.